The molecule has 204 valence electrons. The van der Waals surface area contributed by atoms with Crippen molar-refractivity contribution in [3.63, 3.8) is 0 Å². The van der Waals surface area contributed by atoms with Crippen LogP contribution in [0.2, 0.25) is 0 Å². The van der Waals surface area contributed by atoms with Crippen molar-refractivity contribution in [3.05, 3.63) is 34.9 Å². The Bertz CT molecular complexity index is 854. The van der Waals surface area contributed by atoms with E-state index in [1.54, 1.807) is 25.7 Å². The van der Waals surface area contributed by atoms with Gasteiger partial charge in [0.05, 0.1) is 0 Å². The fraction of sp³-hybridized carbons (Fsp3) is 0.690. The van der Waals surface area contributed by atoms with Crippen LogP contribution in [0.15, 0.2) is 18.2 Å². The van der Waals surface area contributed by atoms with E-state index >= 15 is 0 Å². The molecule has 36 heavy (non-hydrogen) atoms. The summed E-state index contributed by atoms with van der Waals surface area (Å²) >= 11 is 0. The van der Waals surface area contributed by atoms with Crippen molar-refractivity contribution in [2.24, 2.45) is 5.92 Å². The maximum atomic E-state index is 14.1. The molecule has 1 aromatic rings. The molecule has 2 unspecified atom stereocenters. The molecule has 0 spiro atoms. The molecule has 0 aromatic heterocycles. The first-order valence-electron chi connectivity index (χ1n) is 13.3. The molecule has 0 radical (unpaired) electrons. The van der Waals surface area contributed by atoms with Gasteiger partial charge in [-0.2, -0.15) is 0 Å². The number of alkyl carbamates (subject to hydrolysis) is 1. The minimum Gasteiger partial charge on any atom is -0.444 e. The van der Waals surface area contributed by atoms with Crippen LogP contribution in [0.3, 0.4) is 0 Å². The standard InChI is InChI=1S/C29H49N3O4/c1-11-12-13-17-30-26(33)25(24-21(6)15-14-16-22(24)7)32(20(4)5)27(34)23(18-19(2)3)31-28(35)36-29(8,9)10/h14-16,19-20,23,25H,11-13,17-18H2,1-10H3,(H,30,33)(H,31,35). The van der Waals surface area contributed by atoms with Crippen LogP contribution in [0.1, 0.15) is 104 Å². The van der Waals surface area contributed by atoms with E-state index in [0.29, 0.717) is 13.0 Å². The van der Waals surface area contributed by atoms with E-state index < -0.39 is 23.8 Å². The lowest BCUT2D eigenvalue weighted by atomic mass is 9.92. The average Bonchev–Trinajstić information content (AvgIpc) is 2.73. The van der Waals surface area contributed by atoms with Crippen molar-refractivity contribution in [2.45, 2.75) is 119 Å². The first-order chi connectivity index (χ1) is 16.7. The van der Waals surface area contributed by atoms with E-state index in [4.69, 9.17) is 4.74 Å². The summed E-state index contributed by atoms with van der Waals surface area (Å²) in [6.07, 6.45) is 2.75. The van der Waals surface area contributed by atoms with Crippen molar-refractivity contribution >= 4 is 17.9 Å². The highest BCUT2D eigenvalue weighted by atomic mass is 16.6. The highest BCUT2D eigenvalue weighted by molar-refractivity contribution is 5.92. The van der Waals surface area contributed by atoms with Crippen molar-refractivity contribution < 1.29 is 19.1 Å². The van der Waals surface area contributed by atoms with Crippen LogP contribution in [0.25, 0.3) is 0 Å². The van der Waals surface area contributed by atoms with Crippen LogP contribution >= 0.6 is 0 Å². The second-order valence-electron chi connectivity index (χ2n) is 11.4. The maximum absolute atomic E-state index is 14.1. The highest BCUT2D eigenvalue weighted by Gasteiger charge is 2.39. The van der Waals surface area contributed by atoms with Crippen LogP contribution in [0.4, 0.5) is 4.79 Å². The zero-order chi connectivity index (χ0) is 27.6. The number of unbranched alkanes of at least 4 members (excludes halogenated alkanes) is 2. The third-order valence-corrected chi connectivity index (χ3v) is 5.93. The molecule has 1 rings (SSSR count). The normalized spacial score (nSPS) is 13.3. The Morgan fingerprint density at radius 2 is 1.58 bits per heavy atom. The van der Waals surface area contributed by atoms with E-state index in [9.17, 15) is 14.4 Å². The lowest BCUT2D eigenvalue weighted by Crippen LogP contribution is -2.55. The number of nitrogens with one attached hydrogen (secondary N) is 2. The third kappa shape index (κ3) is 9.82. The lowest BCUT2D eigenvalue weighted by Gasteiger charge is -2.38. The highest BCUT2D eigenvalue weighted by Crippen LogP contribution is 2.30. The first kappa shape index (κ1) is 31.5. The fourth-order valence-corrected chi connectivity index (χ4v) is 4.34. The van der Waals surface area contributed by atoms with Gasteiger partial charge in [0.25, 0.3) is 0 Å². The Hall–Kier alpha value is -2.57. The Morgan fingerprint density at radius 3 is 2.06 bits per heavy atom. The minimum atomic E-state index is -0.818. The van der Waals surface area contributed by atoms with Gasteiger partial charge in [0, 0.05) is 12.6 Å². The van der Waals surface area contributed by atoms with Gasteiger partial charge in [0.2, 0.25) is 11.8 Å². The van der Waals surface area contributed by atoms with Gasteiger partial charge in [-0.15, -0.1) is 0 Å². The summed E-state index contributed by atoms with van der Waals surface area (Å²) < 4.78 is 5.45. The Kier molecular flexibility index (Phi) is 12.4. The van der Waals surface area contributed by atoms with Gasteiger partial charge in [-0.25, -0.2) is 4.79 Å². The van der Waals surface area contributed by atoms with Gasteiger partial charge in [-0.1, -0.05) is 51.8 Å². The Balaban J connectivity index is 3.49. The number of benzene rings is 1. The summed E-state index contributed by atoms with van der Waals surface area (Å²) in [6, 6.07) is 3.98. The van der Waals surface area contributed by atoms with E-state index in [-0.39, 0.29) is 23.8 Å². The zero-order valence-corrected chi connectivity index (χ0v) is 24.2. The predicted molar refractivity (Wildman–Crippen MR) is 146 cm³/mol. The largest absolute Gasteiger partial charge is 0.444 e. The molecule has 0 aliphatic heterocycles. The number of hydrogen-bond acceptors (Lipinski definition) is 4. The number of hydrogen-bond donors (Lipinski definition) is 2. The number of carbonyl (C=O) groups excluding carboxylic acids is 3. The summed E-state index contributed by atoms with van der Waals surface area (Å²) in [4.78, 5) is 42.1. The summed E-state index contributed by atoms with van der Waals surface area (Å²) in [5, 5.41) is 5.86. The summed E-state index contributed by atoms with van der Waals surface area (Å²) in [7, 11) is 0. The van der Waals surface area contributed by atoms with Gasteiger partial charge < -0.3 is 20.3 Å². The van der Waals surface area contributed by atoms with Crippen LogP contribution in [-0.4, -0.2) is 47.0 Å². The van der Waals surface area contributed by atoms with Crippen LogP contribution in [0, 0.1) is 19.8 Å². The van der Waals surface area contributed by atoms with Gasteiger partial charge >= 0.3 is 6.09 Å². The first-order valence-corrected chi connectivity index (χ1v) is 13.3. The Morgan fingerprint density at radius 1 is 1.00 bits per heavy atom. The van der Waals surface area contributed by atoms with E-state index in [1.807, 2.05) is 59.7 Å². The molecule has 0 aliphatic rings. The molecule has 0 saturated heterocycles. The van der Waals surface area contributed by atoms with E-state index in [2.05, 4.69) is 17.6 Å². The number of carbonyl (C=O) groups is 3. The molecule has 0 heterocycles. The number of amides is 3. The SMILES string of the molecule is CCCCCNC(=O)C(c1c(C)cccc1C)N(C(=O)C(CC(C)C)NC(=O)OC(C)(C)C)C(C)C. The number of aryl methyl sites for hydroxylation is 2. The molecule has 3 amide bonds. The maximum Gasteiger partial charge on any atom is 0.408 e. The number of rotatable bonds is 12. The quantitative estimate of drug-likeness (QED) is 0.352. The Labute approximate surface area is 218 Å². The third-order valence-electron chi connectivity index (χ3n) is 5.93. The number of nitrogens with zero attached hydrogens (tertiary/aromatic N) is 1. The van der Waals surface area contributed by atoms with E-state index in [0.717, 1.165) is 36.0 Å². The second-order valence-corrected chi connectivity index (χ2v) is 11.4. The fourth-order valence-electron chi connectivity index (χ4n) is 4.34. The van der Waals surface area contributed by atoms with Crippen LogP contribution in [0.5, 0.6) is 0 Å². The molecule has 0 saturated carbocycles. The smallest absolute Gasteiger partial charge is 0.408 e. The zero-order valence-electron chi connectivity index (χ0n) is 24.2. The minimum absolute atomic E-state index is 0.143. The monoisotopic (exact) mass is 503 g/mol. The summed E-state index contributed by atoms with van der Waals surface area (Å²) in [5.41, 5.74) is 2.03. The predicted octanol–water partition coefficient (Wildman–Crippen LogP) is 5.83. The summed E-state index contributed by atoms with van der Waals surface area (Å²) in [6.45, 7) is 19.8. The molecule has 2 N–H and O–H groups in total. The van der Waals surface area contributed by atoms with Crippen LogP contribution in [-0.2, 0) is 14.3 Å². The molecule has 0 aliphatic carbocycles. The van der Waals surface area contributed by atoms with Crippen molar-refractivity contribution in [1.82, 2.24) is 15.5 Å². The van der Waals surface area contributed by atoms with Crippen LogP contribution < -0.4 is 10.6 Å². The topological polar surface area (TPSA) is 87.7 Å². The lowest BCUT2D eigenvalue weighted by molar-refractivity contribution is -0.145. The van der Waals surface area contributed by atoms with Gasteiger partial charge in [-0.05, 0) is 83.9 Å². The van der Waals surface area contributed by atoms with Crippen molar-refractivity contribution in [2.75, 3.05) is 6.54 Å². The van der Waals surface area contributed by atoms with Crippen molar-refractivity contribution in [1.29, 1.82) is 0 Å². The van der Waals surface area contributed by atoms with Gasteiger partial charge in [-0.3, -0.25) is 9.59 Å². The summed E-state index contributed by atoms with van der Waals surface area (Å²) in [5.74, 6) is -0.351. The molecule has 1 aromatic carbocycles. The number of ether oxygens (including phenoxy) is 1. The van der Waals surface area contributed by atoms with E-state index in [1.165, 1.54) is 0 Å². The molecule has 7 heteroatoms. The van der Waals surface area contributed by atoms with Gasteiger partial charge in [0.15, 0.2) is 0 Å². The second kappa shape index (κ2) is 14.2. The average molecular weight is 504 g/mol. The molecular formula is C29H49N3O4. The molecule has 2 atom stereocenters. The molecule has 0 bridgehead atoms. The molecule has 0 fully saturated rings. The molecular weight excluding hydrogens is 454 g/mol. The van der Waals surface area contributed by atoms with Crippen molar-refractivity contribution in [3.8, 4) is 0 Å². The van der Waals surface area contributed by atoms with Gasteiger partial charge in [0.1, 0.15) is 17.7 Å². The molecule has 7 nitrogen and oxygen atoms in total.